The molecule has 3 rings (SSSR count). The van der Waals surface area contributed by atoms with Gasteiger partial charge in [0.2, 0.25) is 0 Å². The molecule has 0 bridgehead atoms. The minimum atomic E-state index is -0.334. The summed E-state index contributed by atoms with van der Waals surface area (Å²) >= 11 is 5.79. The predicted octanol–water partition coefficient (Wildman–Crippen LogP) is 4.64. The van der Waals surface area contributed by atoms with E-state index in [1.54, 1.807) is 48.5 Å². The molecule has 0 atom stereocenters. The Morgan fingerprint density at radius 3 is 2.58 bits per heavy atom. The highest BCUT2D eigenvalue weighted by Gasteiger charge is 2.05. The Balaban J connectivity index is 1.51. The molecule has 0 aliphatic heterocycles. The molecule has 0 saturated carbocycles. The van der Waals surface area contributed by atoms with Gasteiger partial charge in [0.15, 0.2) is 6.61 Å². The number of rotatable bonds is 6. The number of hydrogen-bond donors (Lipinski definition) is 2. The van der Waals surface area contributed by atoms with Crippen LogP contribution in [0.15, 0.2) is 66.9 Å². The number of nitrogens with zero attached hydrogens (tertiary/aromatic N) is 1. The second-order valence-corrected chi connectivity index (χ2v) is 5.79. The summed E-state index contributed by atoms with van der Waals surface area (Å²) in [6.07, 6.45) is 1.50. The zero-order valence-corrected chi connectivity index (χ0v) is 14.3. The molecule has 3 aromatic rings. The molecule has 132 valence electrons. The van der Waals surface area contributed by atoms with Gasteiger partial charge in [0, 0.05) is 10.7 Å². The quantitative estimate of drug-likeness (QED) is 0.662. The molecule has 1 amide bonds. The van der Waals surface area contributed by atoms with E-state index >= 15 is 0 Å². The number of ether oxygens (including phenoxy) is 1. The lowest BCUT2D eigenvalue weighted by Gasteiger charge is -2.09. The van der Waals surface area contributed by atoms with E-state index in [1.165, 1.54) is 18.3 Å². The van der Waals surface area contributed by atoms with Gasteiger partial charge in [-0.15, -0.1) is 0 Å². The van der Waals surface area contributed by atoms with Gasteiger partial charge in [0.05, 0.1) is 11.9 Å². The topological polar surface area (TPSA) is 63.2 Å². The van der Waals surface area contributed by atoms with Crippen molar-refractivity contribution in [2.45, 2.75) is 0 Å². The zero-order chi connectivity index (χ0) is 18.4. The second-order valence-electron chi connectivity index (χ2n) is 5.36. The van der Waals surface area contributed by atoms with E-state index < -0.39 is 0 Å². The van der Waals surface area contributed by atoms with Gasteiger partial charge in [-0.1, -0.05) is 17.7 Å². The smallest absolute Gasteiger partial charge is 0.262 e. The van der Waals surface area contributed by atoms with E-state index in [2.05, 4.69) is 15.6 Å². The molecule has 0 spiro atoms. The molecule has 5 nitrogen and oxygen atoms in total. The van der Waals surface area contributed by atoms with E-state index in [9.17, 15) is 9.18 Å². The van der Waals surface area contributed by atoms with E-state index in [-0.39, 0.29) is 18.3 Å². The van der Waals surface area contributed by atoms with E-state index in [0.717, 1.165) is 0 Å². The number of nitrogens with one attached hydrogen (secondary N) is 2. The maximum absolute atomic E-state index is 13.2. The molecule has 0 radical (unpaired) electrons. The number of benzene rings is 2. The molecular formula is C19H15ClFN3O2. The minimum Gasteiger partial charge on any atom is -0.484 e. The fourth-order valence-corrected chi connectivity index (χ4v) is 2.26. The summed E-state index contributed by atoms with van der Waals surface area (Å²) in [6, 6.07) is 16.2. The normalized spacial score (nSPS) is 10.2. The monoisotopic (exact) mass is 371 g/mol. The Labute approximate surface area is 154 Å². The van der Waals surface area contributed by atoms with Gasteiger partial charge in [0.25, 0.3) is 5.91 Å². The van der Waals surface area contributed by atoms with Crippen molar-refractivity contribution in [3.8, 4) is 5.75 Å². The lowest BCUT2D eigenvalue weighted by molar-refractivity contribution is -0.118. The van der Waals surface area contributed by atoms with Crippen molar-refractivity contribution < 1.29 is 13.9 Å². The zero-order valence-electron chi connectivity index (χ0n) is 13.6. The Kier molecular flexibility index (Phi) is 5.66. The number of carbonyl (C=O) groups is 1. The number of pyridine rings is 1. The summed E-state index contributed by atoms with van der Waals surface area (Å²) in [6.45, 7) is -0.134. The molecule has 1 heterocycles. The Hall–Kier alpha value is -3.12. The van der Waals surface area contributed by atoms with Crippen molar-refractivity contribution in [3.05, 3.63) is 77.7 Å². The average Bonchev–Trinajstić information content (AvgIpc) is 2.63. The fourth-order valence-electron chi connectivity index (χ4n) is 2.13. The van der Waals surface area contributed by atoms with Crippen LogP contribution in [0.5, 0.6) is 5.75 Å². The molecule has 0 unspecified atom stereocenters. The van der Waals surface area contributed by atoms with Crippen LogP contribution in [0, 0.1) is 5.82 Å². The standard InChI is InChI=1S/C19H15ClFN3O2/c20-13-4-7-17(8-5-13)26-12-19(25)24-16-6-9-18(22-11-16)23-15-3-1-2-14(21)10-15/h1-11H,12H2,(H,22,23)(H,24,25). The number of carbonyl (C=O) groups excluding carboxylic acids is 1. The minimum absolute atomic E-state index is 0.134. The van der Waals surface area contributed by atoms with Gasteiger partial charge < -0.3 is 15.4 Å². The first kappa shape index (κ1) is 17.7. The molecule has 2 N–H and O–H groups in total. The summed E-state index contributed by atoms with van der Waals surface area (Å²) in [5, 5.41) is 6.26. The maximum atomic E-state index is 13.2. The summed E-state index contributed by atoms with van der Waals surface area (Å²) in [7, 11) is 0. The number of amides is 1. The largest absolute Gasteiger partial charge is 0.484 e. The molecule has 0 aliphatic rings. The van der Waals surface area contributed by atoms with Crippen molar-refractivity contribution in [2.24, 2.45) is 0 Å². The first-order valence-corrected chi connectivity index (χ1v) is 8.13. The van der Waals surface area contributed by atoms with Crippen LogP contribution in [0.25, 0.3) is 0 Å². The van der Waals surface area contributed by atoms with Crippen LogP contribution in [0.1, 0.15) is 0 Å². The SMILES string of the molecule is O=C(COc1ccc(Cl)cc1)Nc1ccc(Nc2cccc(F)c2)nc1. The van der Waals surface area contributed by atoms with Crippen LogP contribution in [-0.2, 0) is 4.79 Å². The first-order chi connectivity index (χ1) is 12.6. The summed E-state index contributed by atoms with van der Waals surface area (Å²) < 4.78 is 18.5. The molecule has 26 heavy (non-hydrogen) atoms. The van der Waals surface area contributed by atoms with Crippen molar-refractivity contribution in [1.29, 1.82) is 0 Å². The summed E-state index contributed by atoms with van der Waals surface area (Å²) in [5.41, 5.74) is 1.12. The van der Waals surface area contributed by atoms with Crippen LogP contribution < -0.4 is 15.4 Å². The van der Waals surface area contributed by atoms with Crippen LogP contribution in [0.2, 0.25) is 5.02 Å². The molecule has 0 fully saturated rings. The number of hydrogen-bond acceptors (Lipinski definition) is 4. The Morgan fingerprint density at radius 1 is 1.08 bits per heavy atom. The number of aromatic nitrogens is 1. The van der Waals surface area contributed by atoms with Gasteiger partial charge in [-0.3, -0.25) is 4.79 Å². The highest BCUT2D eigenvalue weighted by molar-refractivity contribution is 6.30. The van der Waals surface area contributed by atoms with Crippen LogP contribution >= 0.6 is 11.6 Å². The molecule has 1 aromatic heterocycles. The lowest BCUT2D eigenvalue weighted by atomic mass is 10.3. The van der Waals surface area contributed by atoms with Gasteiger partial charge in [-0.25, -0.2) is 9.37 Å². The van der Waals surface area contributed by atoms with Crippen LogP contribution in [0.3, 0.4) is 0 Å². The molecule has 0 saturated heterocycles. The van der Waals surface area contributed by atoms with Crippen molar-refractivity contribution in [2.75, 3.05) is 17.2 Å². The van der Waals surface area contributed by atoms with Crippen LogP contribution in [-0.4, -0.2) is 17.5 Å². The third-order valence-electron chi connectivity index (χ3n) is 3.33. The highest BCUT2D eigenvalue weighted by atomic mass is 35.5. The number of anilines is 3. The van der Waals surface area contributed by atoms with Crippen molar-refractivity contribution in [1.82, 2.24) is 4.98 Å². The van der Waals surface area contributed by atoms with E-state index in [1.807, 2.05) is 0 Å². The van der Waals surface area contributed by atoms with Crippen molar-refractivity contribution >= 4 is 34.7 Å². The third kappa shape index (κ3) is 5.19. The highest BCUT2D eigenvalue weighted by Crippen LogP contribution is 2.18. The van der Waals surface area contributed by atoms with Gasteiger partial charge >= 0.3 is 0 Å². The predicted molar refractivity (Wildman–Crippen MR) is 99.5 cm³/mol. The van der Waals surface area contributed by atoms with E-state index in [4.69, 9.17) is 16.3 Å². The lowest BCUT2D eigenvalue weighted by Crippen LogP contribution is -2.20. The third-order valence-corrected chi connectivity index (χ3v) is 3.58. The Morgan fingerprint density at radius 2 is 1.88 bits per heavy atom. The average molecular weight is 372 g/mol. The van der Waals surface area contributed by atoms with Gasteiger partial charge in [-0.05, 0) is 54.6 Å². The van der Waals surface area contributed by atoms with Crippen molar-refractivity contribution in [3.63, 3.8) is 0 Å². The summed E-state index contributed by atoms with van der Waals surface area (Å²) in [5.74, 6) is 0.440. The molecule has 2 aromatic carbocycles. The molecule has 7 heteroatoms. The number of halogens is 2. The maximum Gasteiger partial charge on any atom is 0.262 e. The van der Waals surface area contributed by atoms with Crippen LogP contribution in [0.4, 0.5) is 21.6 Å². The summed E-state index contributed by atoms with van der Waals surface area (Å²) in [4.78, 5) is 16.1. The Bertz CT molecular complexity index is 886. The fraction of sp³-hybridized carbons (Fsp3) is 0.0526. The van der Waals surface area contributed by atoms with Gasteiger partial charge in [0.1, 0.15) is 17.4 Å². The second kappa shape index (κ2) is 8.31. The molecular weight excluding hydrogens is 357 g/mol. The van der Waals surface area contributed by atoms with Gasteiger partial charge in [-0.2, -0.15) is 0 Å². The first-order valence-electron chi connectivity index (χ1n) is 7.75. The van der Waals surface area contributed by atoms with E-state index in [0.29, 0.717) is 28.0 Å². The molecule has 0 aliphatic carbocycles.